The summed E-state index contributed by atoms with van der Waals surface area (Å²) in [4.78, 5) is 18.3. The minimum absolute atomic E-state index is 0. The van der Waals surface area contributed by atoms with Gasteiger partial charge in [-0.2, -0.15) is 0 Å². The van der Waals surface area contributed by atoms with Crippen molar-refractivity contribution >= 4 is 51.8 Å². The number of aliphatic imine (C=N–C) groups is 1. The Bertz CT molecular complexity index is 576. The molecule has 1 aromatic carbocycles. The largest absolute Gasteiger partial charge is 0.356 e. The number of rotatable bonds is 6. The number of hydrogen-bond donors (Lipinski definition) is 2. The summed E-state index contributed by atoms with van der Waals surface area (Å²) < 4.78 is 1.09. The minimum atomic E-state index is 0. The number of hydrogen-bond acceptors (Lipinski definition) is 2. The number of nitrogens with zero attached hydrogens (tertiary/aromatic N) is 2. The summed E-state index contributed by atoms with van der Waals surface area (Å²) in [6.45, 7) is 1.33. The molecule has 0 aromatic heterocycles. The van der Waals surface area contributed by atoms with E-state index in [-0.39, 0.29) is 29.9 Å². The fraction of sp³-hybridized carbons (Fsp3) is 0.556. The molecule has 0 bridgehead atoms. The van der Waals surface area contributed by atoms with Crippen LogP contribution in [0.25, 0.3) is 0 Å². The molecular formula is C18H28BrIN4O. The maximum Gasteiger partial charge on any atom is 0.221 e. The molecule has 1 saturated carbocycles. The smallest absolute Gasteiger partial charge is 0.221 e. The second-order valence-electron chi connectivity index (χ2n) is 6.22. The first-order chi connectivity index (χ1) is 11.6. The van der Waals surface area contributed by atoms with E-state index in [1.54, 1.807) is 7.05 Å². The topological polar surface area (TPSA) is 56.7 Å². The average molecular weight is 523 g/mol. The molecule has 1 aliphatic rings. The Kier molecular flexibility index (Phi) is 10.4. The van der Waals surface area contributed by atoms with E-state index in [9.17, 15) is 4.79 Å². The van der Waals surface area contributed by atoms with Gasteiger partial charge < -0.3 is 15.5 Å². The highest BCUT2D eigenvalue weighted by Gasteiger charge is 2.17. The van der Waals surface area contributed by atoms with Crippen molar-refractivity contribution in [3.05, 3.63) is 34.3 Å². The van der Waals surface area contributed by atoms with Crippen LogP contribution >= 0.6 is 39.9 Å². The van der Waals surface area contributed by atoms with Gasteiger partial charge in [-0.25, -0.2) is 0 Å². The van der Waals surface area contributed by atoms with Crippen molar-refractivity contribution in [1.82, 2.24) is 15.5 Å². The van der Waals surface area contributed by atoms with Crippen LogP contribution < -0.4 is 10.6 Å². The lowest BCUT2D eigenvalue weighted by Gasteiger charge is -2.22. The number of halogens is 2. The van der Waals surface area contributed by atoms with Gasteiger partial charge in [-0.15, -0.1) is 24.0 Å². The summed E-state index contributed by atoms with van der Waals surface area (Å²) in [5.74, 6) is 0.915. The third kappa shape index (κ3) is 7.52. The van der Waals surface area contributed by atoms with Crippen molar-refractivity contribution in [2.24, 2.45) is 4.99 Å². The number of carbonyl (C=O) groups excluding carboxylic acids is 1. The van der Waals surface area contributed by atoms with Gasteiger partial charge >= 0.3 is 0 Å². The Morgan fingerprint density at radius 2 is 2.00 bits per heavy atom. The van der Waals surface area contributed by atoms with Crippen molar-refractivity contribution in [2.45, 2.75) is 44.7 Å². The van der Waals surface area contributed by atoms with E-state index < -0.39 is 0 Å². The monoisotopic (exact) mass is 522 g/mol. The number of nitrogens with one attached hydrogen (secondary N) is 2. The van der Waals surface area contributed by atoms with E-state index in [0.717, 1.165) is 29.8 Å². The van der Waals surface area contributed by atoms with Crippen LogP contribution in [0.4, 0.5) is 0 Å². The van der Waals surface area contributed by atoms with Crippen molar-refractivity contribution < 1.29 is 4.79 Å². The Morgan fingerprint density at radius 1 is 1.32 bits per heavy atom. The van der Waals surface area contributed by atoms with Crippen LogP contribution in [0, 0.1) is 0 Å². The molecular weight excluding hydrogens is 495 g/mol. The van der Waals surface area contributed by atoms with E-state index in [4.69, 9.17) is 0 Å². The quantitative estimate of drug-likeness (QED) is 0.341. The van der Waals surface area contributed by atoms with Gasteiger partial charge in [0.1, 0.15) is 0 Å². The van der Waals surface area contributed by atoms with Gasteiger partial charge in [0.2, 0.25) is 5.91 Å². The van der Waals surface area contributed by atoms with Gasteiger partial charge in [0, 0.05) is 44.1 Å². The molecule has 1 fully saturated rings. The number of amides is 1. The van der Waals surface area contributed by atoms with Crippen LogP contribution in [-0.2, 0) is 11.3 Å². The molecule has 0 aliphatic heterocycles. The van der Waals surface area contributed by atoms with Gasteiger partial charge in [0.05, 0.1) is 0 Å². The first-order valence-corrected chi connectivity index (χ1v) is 9.34. The summed E-state index contributed by atoms with van der Waals surface area (Å²) in [5, 5.41) is 6.37. The molecule has 2 rings (SSSR count). The second kappa shape index (κ2) is 11.7. The molecule has 5 nitrogen and oxygen atoms in total. The van der Waals surface area contributed by atoms with Gasteiger partial charge in [-0.1, -0.05) is 47.0 Å². The molecule has 25 heavy (non-hydrogen) atoms. The summed E-state index contributed by atoms with van der Waals surface area (Å²) in [5.41, 5.74) is 1.20. The zero-order valence-corrected chi connectivity index (χ0v) is 18.8. The molecule has 7 heteroatoms. The van der Waals surface area contributed by atoms with Crippen LogP contribution in [0.15, 0.2) is 33.7 Å². The van der Waals surface area contributed by atoms with Crippen LogP contribution in [0.2, 0.25) is 0 Å². The molecule has 0 saturated heterocycles. The van der Waals surface area contributed by atoms with E-state index in [0.29, 0.717) is 19.0 Å². The van der Waals surface area contributed by atoms with Gasteiger partial charge in [0.25, 0.3) is 0 Å². The van der Waals surface area contributed by atoms with Crippen LogP contribution in [0.5, 0.6) is 0 Å². The van der Waals surface area contributed by atoms with Gasteiger partial charge in [0.15, 0.2) is 5.96 Å². The van der Waals surface area contributed by atoms with Crippen molar-refractivity contribution in [1.29, 1.82) is 0 Å². The van der Waals surface area contributed by atoms with Gasteiger partial charge in [-0.3, -0.25) is 9.79 Å². The number of guanidine groups is 1. The molecule has 1 aliphatic carbocycles. The summed E-state index contributed by atoms with van der Waals surface area (Å²) in [7, 11) is 3.75. The van der Waals surface area contributed by atoms with Gasteiger partial charge in [-0.05, 0) is 24.5 Å². The average Bonchev–Trinajstić information content (AvgIpc) is 3.06. The van der Waals surface area contributed by atoms with Crippen LogP contribution in [0.1, 0.15) is 37.7 Å². The van der Waals surface area contributed by atoms with Crippen LogP contribution in [-0.4, -0.2) is 43.4 Å². The minimum Gasteiger partial charge on any atom is -0.356 e. The molecule has 0 unspecified atom stereocenters. The first-order valence-electron chi connectivity index (χ1n) is 8.54. The first kappa shape index (κ1) is 22.2. The standard InChI is InChI=1S/C18H27BrN4O.HI/c1-20-18(23(2)13-14-7-3-6-10-16(14)19)21-12-11-17(24)22-15-8-4-5-9-15;/h3,6-7,10,15H,4-5,8-9,11-13H2,1-2H3,(H,20,21)(H,22,24);1H. The predicted molar refractivity (Wildman–Crippen MR) is 117 cm³/mol. The zero-order valence-electron chi connectivity index (χ0n) is 14.9. The van der Waals surface area contributed by atoms with E-state index in [2.05, 4.69) is 42.5 Å². The highest BCUT2D eigenvalue weighted by Crippen LogP contribution is 2.18. The molecule has 0 heterocycles. The van der Waals surface area contributed by atoms with Crippen molar-refractivity contribution in [2.75, 3.05) is 20.6 Å². The lowest BCUT2D eigenvalue weighted by atomic mass is 10.2. The summed E-state index contributed by atoms with van der Waals surface area (Å²) in [6.07, 6.45) is 5.18. The molecule has 0 spiro atoms. The van der Waals surface area contributed by atoms with E-state index >= 15 is 0 Å². The second-order valence-corrected chi connectivity index (χ2v) is 7.07. The summed E-state index contributed by atoms with van der Waals surface area (Å²) in [6, 6.07) is 8.53. The fourth-order valence-corrected chi connectivity index (χ4v) is 3.41. The van der Waals surface area contributed by atoms with E-state index in [1.807, 2.05) is 25.2 Å². The summed E-state index contributed by atoms with van der Waals surface area (Å²) >= 11 is 3.57. The fourth-order valence-electron chi connectivity index (χ4n) is 3.00. The lowest BCUT2D eigenvalue weighted by molar-refractivity contribution is -0.121. The predicted octanol–water partition coefficient (Wildman–Crippen LogP) is 3.52. The van der Waals surface area contributed by atoms with Crippen LogP contribution in [0.3, 0.4) is 0 Å². The molecule has 140 valence electrons. The Hall–Kier alpha value is -0.830. The Morgan fingerprint density at radius 3 is 2.64 bits per heavy atom. The highest BCUT2D eigenvalue weighted by atomic mass is 127. The Balaban J connectivity index is 0.00000312. The maximum absolute atomic E-state index is 12.0. The third-order valence-electron chi connectivity index (χ3n) is 4.29. The number of carbonyl (C=O) groups is 1. The maximum atomic E-state index is 12.0. The zero-order chi connectivity index (χ0) is 17.4. The molecule has 2 N–H and O–H groups in total. The SMILES string of the molecule is CN=C(NCCC(=O)NC1CCCC1)N(C)Cc1ccccc1Br.I. The Labute approximate surface area is 176 Å². The lowest BCUT2D eigenvalue weighted by Crippen LogP contribution is -2.41. The van der Waals surface area contributed by atoms with E-state index in [1.165, 1.54) is 18.4 Å². The molecule has 1 aromatic rings. The highest BCUT2D eigenvalue weighted by molar-refractivity contribution is 14.0. The number of benzene rings is 1. The van der Waals surface area contributed by atoms with Crippen molar-refractivity contribution in [3.8, 4) is 0 Å². The molecule has 0 radical (unpaired) electrons. The molecule has 0 atom stereocenters. The third-order valence-corrected chi connectivity index (χ3v) is 5.07. The molecule has 1 amide bonds. The normalized spacial score (nSPS) is 14.8. The van der Waals surface area contributed by atoms with Crippen molar-refractivity contribution in [3.63, 3.8) is 0 Å².